The lowest BCUT2D eigenvalue weighted by Crippen LogP contribution is -2.60. The molecule has 0 spiro atoms. The van der Waals surface area contributed by atoms with Crippen LogP contribution in [-0.4, -0.2) is 16.0 Å². The Balaban J connectivity index is 1.52. The summed E-state index contributed by atoms with van der Waals surface area (Å²) in [6.07, 6.45) is 2.49. The van der Waals surface area contributed by atoms with Crippen molar-refractivity contribution in [3.8, 4) is 0 Å². The molecule has 0 atom stereocenters. The average molecular weight is 389 g/mol. The second-order valence-corrected chi connectivity index (χ2v) is 8.66. The van der Waals surface area contributed by atoms with Crippen LogP contribution in [0.3, 0.4) is 0 Å². The number of hydrogen-bond acceptors (Lipinski definition) is 2. The van der Waals surface area contributed by atoms with E-state index in [1.54, 1.807) is 0 Å². The van der Waals surface area contributed by atoms with E-state index in [1.807, 2.05) is 0 Å². The van der Waals surface area contributed by atoms with Crippen LogP contribution >= 0.6 is 11.6 Å². The van der Waals surface area contributed by atoms with Crippen LogP contribution in [0.4, 0.5) is 13.2 Å². The third-order valence-corrected chi connectivity index (χ3v) is 6.40. The summed E-state index contributed by atoms with van der Waals surface area (Å²) in [6.45, 7) is -0.454. The van der Waals surface area contributed by atoms with Crippen molar-refractivity contribution in [3.05, 3.63) is 33.2 Å². The van der Waals surface area contributed by atoms with Crippen LogP contribution in [0, 0.1) is 17.8 Å². The molecule has 26 heavy (non-hydrogen) atoms. The number of carbonyl (C=O) groups excluding carboxylic acids is 1. The molecule has 1 aromatic heterocycles. The molecule has 5 rings (SSSR count). The summed E-state index contributed by atoms with van der Waals surface area (Å²) in [5.41, 5.74) is -2.08. The Bertz CT molecular complexity index is 767. The van der Waals surface area contributed by atoms with Crippen LogP contribution in [0.5, 0.6) is 0 Å². The molecule has 1 N–H and O–H groups in total. The van der Waals surface area contributed by atoms with Gasteiger partial charge in [-0.25, -0.2) is 0 Å². The number of hydrogen-bond donors (Lipinski definition) is 1. The molecule has 4 nitrogen and oxygen atoms in total. The maximum Gasteiger partial charge on any atom is 0.417 e. The van der Waals surface area contributed by atoms with Gasteiger partial charge >= 0.3 is 6.18 Å². The minimum atomic E-state index is -4.63. The number of pyridine rings is 1. The minimum absolute atomic E-state index is 0.249. The molecule has 0 aliphatic heterocycles. The van der Waals surface area contributed by atoms with Crippen molar-refractivity contribution >= 4 is 17.5 Å². The van der Waals surface area contributed by atoms with Crippen LogP contribution in [-0.2, 0) is 17.5 Å². The third kappa shape index (κ3) is 3.26. The molecule has 4 bridgehead atoms. The van der Waals surface area contributed by atoms with Crippen LogP contribution in [0.25, 0.3) is 0 Å². The minimum Gasteiger partial charge on any atom is -0.349 e. The average Bonchev–Trinajstić information content (AvgIpc) is 2.48. The molecule has 0 radical (unpaired) electrons. The summed E-state index contributed by atoms with van der Waals surface area (Å²) in [5, 5.41) is 2.52. The number of alkyl halides is 3. The van der Waals surface area contributed by atoms with E-state index in [1.165, 1.54) is 19.3 Å². The third-order valence-electron chi connectivity index (χ3n) is 6.13. The lowest BCUT2D eigenvalue weighted by Gasteiger charge is -2.56. The van der Waals surface area contributed by atoms with Gasteiger partial charge in [0.25, 0.3) is 5.56 Å². The molecular weight excluding hydrogens is 369 g/mol. The van der Waals surface area contributed by atoms with Gasteiger partial charge in [0.1, 0.15) is 11.6 Å². The SMILES string of the molecule is O=C(Cn1cc(C(F)(F)F)cc(Cl)c1=O)NC12CC3CC(CC(C3)C1)C2. The molecule has 0 unspecified atom stereocenters. The van der Waals surface area contributed by atoms with Gasteiger partial charge in [-0.3, -0.25) is 9.59 Å². The van der Waals surface area contributed by atoms with Crippen molar-refractivity contribution in [3.63, 3.8) is 0 Å². The van der Waals surface area contributed by atoms with Gasteiger partial charge in [0.2, 0.25) is 5.91 Å². The Labute approximate surface area is 153 Å². The molecule has 142 valence electrons. The van der Waals surface area contributed by atoms with Gasteiger partial charge < -0.3 is 9.88 Å². The first-order chi connectivity index (χ1) is 12.1. The van der Waals surface area contributed by atoms with Crippen LogP contribution in [0.2, 0.25) is 5.02 Å². The molecule has 4 aliphatic carbocycles. The van der Waals surface area contributed by atoms with Crippen molar-refractivity contribution in [1.82, 2.24) is 9.88 Å². The first kappa shape index (κ1) is 17.9. The zero-order chi connectivity index (χ0) is 18.7. The molecule has 4 fully saturated rings. The van der Waals surface area contributed by atoms with E-state index in [0.29, 0.717) is 30.0 Å². The first-order valence-electron chi connectivity index (χ1n) is 8.92. The molecule has 8 heteroatoms. The number of aromatic nitrogens is 1. The van der Waals surface area contributed by atoms with Gasteiger partial charge in [0, 0.05) is 11.7 Å². The standard InChI is InChI=1S/C18H20ClF3N2O2/c19-14-4-13(18(20,21)22)8-24(16(14)26)9-15(25)23-17-5-10-1-11(6-17)3-12(2-10)7-17/h4,8,10-12H,1-3,5-7,9H2,(H,23,25). The smallest absolute Gasteiger partial charge is 0.349 e. The molecular formula is C18H20ClF3N2O2. The summed E-state index contributed by atoms with van der Waals surface area (Å²) >= 11 is 5.64. The van der Waals surface area contributed by atoms with E-state index < -0.39 is 34.8 Å². The first-order valence-corrected chi connectivity index (χ1v) is 9.29. The normalized spacial score (nSPS) is 32.7. The van der Waals surface area contributed by atoms with Crippen molar-refractivity contribution in [2.75, 3.05) is 0 Å². The summed E-state index contributed by atoms with van der Waals surface area (Å²) in [6, 6.07) is 0.595. The molecule has 1 amide bonds. The van der Waals surface area contributed by atoms with E-state index in [-0.39, 0.29) is 5.54 Å². The molecule has 4 saturated carbocycles. The fraction of sp³-hybridized carbons (Fsp3) is 0.667. The molecule has 0 saturated heterocycles. The molecule has 1 aromatic rings. The highest BCUT2D eigenvalue weighted by Crippen LogP contribution is 2.55. The Morgan fingerprint density at radius 2 is 1.73 bits per heavy atom. The van der Waals surface area contributed by atoms with E-state index in [4.69, 9.17) is 11.6 Å². The maximum absolute atomic E-state index is 12.9. The number of rotatable bonds is 3. The number of amides is 1. The van der Waals surface area contributed by atoms with Gasteiger partial charge in [-0.15, -0.1) is 0 Å². The number of carbonyl (C=O) groups is 1. The topological polar surface area (TPSA) is 51.1 Å². The monoisotopic (exact) mass is 388 g/mol. The van der Waals surface area contributed by atoms with E-state index in [9.17, 15) is 22.8 Å². The highest BCUT2D eigenvalue weighted by molar-refractivity contribution is 6.30. The van der Waals surface area contributed by atoms with Gasteiger partial charge in [-0.2, -0.15) is 13.2 Å². The molecule has 1 heterocycles. The Morgan fingerprint density at radius 3 is 2.23 bits per heavy atom. The predicted octanol–water partition coefficient (Wildman–Crippen LogP) is 3.61. The van der Waals surface area contributed by atoms with E-state index in [2.05, 4.69) is 5.32 Å². The second-order valence-electron chi connectivity index (χ2n) is 8.25. The number of halogens is 4. The Kier molecular flexibility index (Phi) is 4.13. The van der Waals surface area contributed by atoms with E-state index >= 15 is 0 Å². The van der Waals surface area contributed by atoms with Gasteiger partial charge in [-0.1, -0.05) is 11.6 Å². The van der Waals surface area contributed by atoms with Crippen LogP contribution in [0.15, 0.2) is 17.1 Å². The van der Waals surface area contributed by atoms with Crippen molar-refractivity contribution in [2.24, 2.45) is 17.8 Å². The quantitative estimate of drug-likeness (QED) is 0.860. The summed E-state index contributed by atoms with van der Waals surface area (Å²) in [7, 11) is 0. The highest BCUT2D eigenvalue weighted by Gasteiger charge is 2.51. The fourth-order valence-electron chi connectivity index (χ4n) is 5.63. The lowest BCUT2D eigenvalue weighted by molar-refractivity contribution is -0.138. The number of nitrogens with one attached hydrogen (secondary N) is 1. The lowest BCUT2D eigenvalue weighted by atomic mass is 9.53. The predicted molar refractivity (Wildman–Crippen MR) is 89.8 cm³/mol. The maximum atomic E-state index is 12.9. The highest BCUT2D eigenvalue weighted by atomic mass is 35.5. The Hall–Kier alpha value is -1.50. The van der Waals surface area contributed by atoms with Crippen molar-refractivity contribution in [1.29, 1.82) is 0 Å². The van der Waals surface area contributed by atoms with Gasteiger partial charge in [0.05, 0.1) is 5.56 Å². The van der Waals surface area contributed by atoms with Gasteiger partial charge in [-0.05, 0) is 62.3 Å². The van der Waals surface area contributed by atoms with Crippen molar-refractivity contribution < 1.29 is 18.0 Å². The molecule has 4 aliphatic rings. The van der Waals surface area contributed by atoms with Crippen LogP contribution < -0.4 is 10.9 Å². The zero-order valence-electron chi connectivity index (χ0n) is 14.1. The molecule has 0 aromatic carbocycles. The Morgan fingerprint density at radius 1 is 1.19 bits per heavy atom. The van der Waals surface area contributed by atoms with E-state index in [0.717, 1.165) is 23.8 Å². The zero-order valence-corrected chi connectivity index (χ0v) is 14.9. The summed E-state index contributed by atoms with van der Waals surface area (Å²) in [4.78, 5) is 24.6. The fourth-order valence-corrected chi connectivity index (χ4v) is 5.85. The van der Waals surface area contributed by atoms with Gasteiger partial charge in [0.15, 0.2) is 0 Å². The summed E-state index contributed by atoms with van der Waals surface area (Å²) < 4.78 is 39.5. The summed E-state index contributed by atoms with van der Waals surface area (Å²) in [5.74, 6) is 1.47. The van der Waals surface area contributed by atoms with Crippen molar-refractivity contribution in [2.45, 2.75) is 56.8 Å². The van der Waals surface area contributed by atoms with Crippen LogP contribution in [0.1, 0.15) is 44.1 Å². The largest absolute Gasteiger partial charge is 0.417 e. The number of nitrogens with zero attached hydrogens (tertiary/aromatic N) is 1. The second kappa shape index (κ2) is 6.01.